The Kier molecular flexibility index (Phi) is 5.21. The van der Waals surface area contributed by atoms with Crippen molar-refractivity contribution < 1.29 is 32.2 Å². The first-order chi connectivity index (χ1) is 12.1. The monoisotopic (exact) mass is 414 g/mol. The van der Waals surface area contributed by atoms with Gasteiger partial charge in [-0.3, -0.25) is 18.9 Å². The molecule has 2 aliphatic rings. The van der Waals surface area contributed by atoms with Crippen molar-refractivity contribution in [3.63, 3.8) is 0 Å². The summed E-state index contributed by atoms with van der Waals surface area (Å²) in [5.41, 5.74) is -3.94. The van der Waals surface area contributed by atoms with Crippen LogP contribution in [0.25, 0.3) is 0 Å². The number of ether oxygens (including phenoxy) is 1. The number of halogens is 2. The number of aliphatic hydroxyl groups excluding tert-OH is 1. The highest BCUT2D eigenvalue weighted by Crippen LogP contribution is 2.61. The Balaban J connectivity index is 1.99. The van der Waals surface area contributed by atoms with E-state index in [0.29, 0.717) is 0 Å². The highest BCUT2D eigenvalue weighted by atomic mass is 32.5. The smallest absolute Gasteiger partial charge is 0.330 e. The van der Waals surface area contributed by atoms with Crippen LogP contribution in [0.2, 0.25) is 0 Å². The summed E-state index contributed by atoms with van der Waals surface area (Å²) >= 11 is 5.16. The van der Waals surface area contributed by atoms with E-state index in [2.05, 4.69) is 0 Å². The molecule has 0 aliphatic carbocycles. The highest BCUT2D eigenvalue weighted by Gasteiger charge is 2.66. The summed E-state index contributed by atoms with van der Waals surface area (Å²) in [6, 6.07) is 0.998. The van der Waals surface area contributed by atoms with Gasteiger partial charge in [0.1, 0.15) is 12.2 Å². The Bertz CT molecular complexity index is 846. The Morgan fingerprint density at radius 3 is 2.77 bits per heavy atom. The summed E-state index contributed by atoms with van der Waals surface area (Å²) in [5.74, 6) is 0. The molecule has 0 radical (unpaired) electrons. The third-order valence-electron chi connectivity index (χ3n) is 3.95. The maximum absolute atomic E-state index is 13.8. The minimum absolute atomic E-state index is 0.392. The molecule has 5 atom stereocenters. The van der Waals surface area contributed by atoms with E-state index in [1.54, 1.807) is 13.8 Å². The number of aromatic amines is 1. The fraction of sp³-hybridized carbons (Fsp3) is 0.692. The molecular formula is C13H17F2N2O7PS. The topological polar surface area (TPSA) is 112 Å². The quantitative estimate of drug-likeness (QED) is 0.685. The van der Waals surface area contributed by atoms with Gasteiger partial charge in [-0.25, -0.2) is 13.6 Å². The molecule has 0 spiro atoms. The molecule has 0 bridgehead atoms. The Labute approximate surface area is 151 Å². The average Bonchev–Trinajstić information content (AvgIpc) is 2.80. The van der Waals surface area contributed by atoms with E-state index in [9.17, 15) is 23.5 Å². The SMILES string of the molecule is CC(C)OP1(=S)OC[C@]2(C(F)F)O[C@H](n3ccc(=O)[nH]c3=O)[C@@H](O)[C@@H]2O1. The van der Waals surface area contributed by atoms with E-state index in [1.165, 1.54) is 0 Å². The van der Waals surface area contributed by atoms with Crippen LogP contribution >= 0.6 is 6.72 Å². The van der Waals surface area contributed by atoms with Crippen LogP contribution in [0.3, 0.4) is 0 Å². The van der Waals surface area contributed by atoms with Gasteiger partial charge >= 0.3 is 12.4 Å². The minimum atomic E-state index is -3.38. The van der Waals surface area contributed by atoms with E-state index in [0.717, 1.165) is 16.8 Å². The van der Waals surface area contributed by atoms with E-state index < -0.39 is 61.1 Å². The molecule has 3 heterocycles. The van der Waals surface area contributed by atoms with Crippen molar-refractivity contribution in [3.8, 4) is 0 Å². The van der Waals surface area contributed by atoms with E-state index in [4.69, 9.17) is 30.1 Å². The number of aliphatic hydroxyl groups is 1. The van der Waals surface area contributed by atoms with Crippen LogP contribution < -0.4 is 11.2 Å². The third kappa shape index (κ3) is 3.31. The number of rotatable bonds is 4. The first kappa shape index (κ1) is 19.7. The van der Waals surface area contributed by atoms with Crippen molar-refractivity contribution in [2.75, 3.05) is 6.61 Å². The molecule has 3 rings (SSSR count). The predicted molar refractivity (Wildman–Crippen MR) is 87.5 cm³/mol. The number of aromatic nitrogens is 2. The molecule has 26 heavy (non-hydrogen) atoms. The van der Waals surface area contributed by atoms with E-state index in [1.807, 2.05) is 4.98 Å². The molecule has 2 aliphatic heterocycles. The highest BCUT2D eigenvalue weighted by molar-refractivity contribution is 8.07. The molecule has 0 amide bonds. The molecule has 1 unspecified atom stereocenters. The molecular weight excluding hydrogens is 397 g/mol. The zero-order valence-electron chi connectivity index (χ0n) is 13.7. The van der Waals surface area contributed by atoms with E-state index >= 15 is 0 Å². The van der Waals surface area contributed by atoms with Gasteiger partial charge in [-0.05, 0) is 25.7 Å². The lowest BCUT2D eigenvalue weighted by atomic mass is 9.96. The van der Waals surface area contributed by atoms with Crippen molar-refractivity contribution in [1.82, 2.24) is 9.55 Å². The number of nitrogens with one attached hydrogen (secondary N) is 1. The van der Waals surface area contributed by atoms with Crippen LogP contribution in [0.5, 0.6) is 0 Å². The zero-order chi connectivity index (χ0) is 19.3. The van der Waals surface area contributed by atoms with E-state index in [-0.39, 0.29) is 0 Å². The lowest BCUT2D eigenvalue weighted by Gasteiger charge is -2.41. The predicted octanol–water partition coefficient (Wildman–Crippen LogP) is 0.495. The van der Waals surface area contributed by atoms with Gasteiger partial charge in [-0.15, -0.1) is 0 Å². The number of hydrogen-bond donors (Lipinski definition) is 2. The maximum atomic E-state index is 13.8. The van der Waals surface area contributed by atoms with Gasteiger partial charge in [0.2, 0.25) is 0 Å². The number of nitrogens with zero attached hydrogens (tertiary/aromatic N) is 1. The first-order valence-electron chi connectivity index (χ1n) is 7.65. The number of alkyl halides is 2. The van der Waals surface area contributed by atoms with Crippen molar-refractivity contribution in [2.45, 2.75) is 50.4 Å². The average molecular weight is 414 g/mol. The second-order valence-corrected chi connectivity index (χ2v) is 9.09. The number of H-pyrrole nitrogens is 1. The second-order valence-electron chi connectivity index (χ2n) is 6.17. The van der Waals surface area contributed by atoms with Crippen molar-refractivity contribution in [2.24, 2.45) is 0 Å². The first-order valence-corrected chi connectivity index (χ1v) is 10.2. The minimum Gasteiger partial charge on any atom is -0.386 e. The van der Waals surface area contributed by atoms with Crippen LogP contribution in [0.1, 0.15) is 20.1 Å². The molecule has 9 nitrogen and oxygen atoms in total. The Hall–Kier alpha value is -1.01. The lowest BCUT2D eigenvalue weighted by Crippen LogP contribution is -2.56. The largest absolute Gasteiger partial charge is 0.386 e. The maximum Gasteiger partial charge on any atom is 0.330 e. The van der Waals surface area contributed by atoms with Crippen LogP contribution in [0.15, 0.2) is 21.9 Å². The van der Waals surface area contributed by atoms with Gasteiger partial charge in [0.05, 0.1) is 12.7 Å². The summed E-state index contributed by atoms with van der Waals surface area (Å²) in [6.07, 6.45) is -7.24. The molecule has 13 heteroatoms. The van der Waals surface area contributed by atoms with Crippen LogP contribution in [0.4, 0.5) is 8.78 Å². The Morgan fingerprint density at radius 1 is 1.50 bits per heavy atom. The third-order valence-corrected chi connectivity index (χ3v) is 6.39. The standard InChI is InChI=1S/C13H17F2N2O7PS/c1-6(2)23-25(26)21-5-13(11(14)15)9(24-25)8(19)10(22-13)17-4-3-7(18)16-12(17)20/h3-4,6,8-11,19H,5H2,1-2H3,(H,16,18,20)/t8-,9-,10-,13-,25?/m0/s1. The Morgan fingerprint density at radius 2 is 2.19 bits per heavy atom. The van der Waals surface area contributed by atoms with Gasteiger partial charge < -0.3 is 18.9 Å². The van der Waals surface area contributed by atoms with Gasteiger partial charge in [0, 0.05) is 12.3 Å². The van der Waals surface area contributed by atoms with Crippen LogP contribution in [0, 0.1) is 0 Å². The fourth-order valence-electron chi connectivity index (χ4n) is 2.82. The summed E-state index contributed by atoms with van der Waals surface area (Å²) in [6.45, 7) is -0.724. The van der Waals surface area contributed by atoms with Gasteiger partial charge in [-0.1, -0.05) is 0 Å². The van der Waals surface area contributed by atoms with Crippen molar-refractivity contribution >= 4 is 18.5 Å². The second kappa shape index (κ2) is 6.86. The summed E-state index contributed by atoms with van der Waals surface area (Å²) in [7, 11) is 0. The summed E-state index contributed by atoms with van der Waals surface area (Å²) < 4.78 is 49.8. The van der Waals surface area contributed by atoms with Crippen molar-refractivity contribution in [3.05, 3.63) is 33.1 Å². The zero-order valence-corrected chi connectivity index (χ0v) is 15.4. The van der Waals surface area contributed by atoms with Gasteiger partial charge in [0.15, 0.2) is 11.8 Å². The number of hydrogen-bond acceptors (Lipinski definition) is 8. The van der Waals surface area contributed by atoms with Crippen LogP contribution in [-0.4, -0.2) is 51.6 Å². The fourth-order valence-corrected chi connectivity index (χ4v) is 5.40. The number of fused-ring (bicyclic) bond motifs is 1. The molecule has 2 saturated heterocycles. The molecule has 2 fully saturated rings. The van der Waals surface area contributed by atoms with Gasteiger partial charge in [-0.2, -0.15) is 0 Å². The molecule has 0 aromatic carbocycles. The molecule has 2 N–H and O–H groups in total. The molecule has 1 aromatic rings. The summed E-state index contributed by atoms with van der Waals surface area (Å²) in [4.78, 5) is 25.1. The molecule has 0 saturated carbocycles. The molecule has 146 valence electrons. The molecule has 1 aromatic heterocycles. The van der Waals surface area contributed by atoms with Crippen LogP contribution in [-0.2, 0) is 30.1 Å². The summed E-state index contributed by atoms with van der Waals surface area (Å²) in [5, 5.41) is 10.5. The lowest BCUT2D eigenvalue weighted by molar-refractivity contribution is -0.204. The normalized spacial score (nSPS) is 37.3. The van der Waals surface area contributed by atoms with Crippen molar-refractivity contribution in [1.29, 1.82) is 0 Å². The van der Waals surface area contributed by atoms with Gasteiger partial charge in [0.25, 0.3) is 12.0 Å².